The summed E-state index contributed by atoms with van der Waals surface area (Å²) in [5, 5.41) is 14.5. The van der Waals surface area contributed by atoms with Gasteiger partial charge in [0.25, 0.3) is 0 Å². The fourth-order valence-corrected chi connectivity index (χ4v) is 4.50. The van der Waals surface area contributed by atoms with Crippen LogP contribution in [0.2, 0.25) is 0 Å². The Balaban J connectivity index is 1.56. The van der Waals surface area contributed by atoms with Crippen LogP contribution in [0.3, 0.4) is 0 Å². The zero-order chi connectivity index (χ0) is 16.2. The minimum absolute atomic E-state index is 0.180. The zero-order valence-electron chi connectivity index (χ0n) is 13.4. The van der Waals surface area contributed by atoms with Crippen LogP contribution in [-0.2, 0) is 11.3 Å². The van der Waals surface area contributed by atoms with Gasteiger partial charge in [0, 0.05) is 18.0 Å². The van der Waals surface area contributed by atoms with Crippen molar-refractivity contribution in [1.82, 2.24) is 25.1 Å². The number of tetrazole rings is 1. The predicted molar refractivity (Wildman–Crippen MR) is 91.5 cm³/mol. The van der Waals surface area contributed by atoms with Crippen molar-refractivity contribution in [3.63, 3.8) is 0 Å². The van der Waals surface area contributed by atoms with Crippen molar-refractivity contribution in [1.29, 1.82) is 0 Å². The van der Waals surface area contributed by atoms with E-state index >= 15 is 0 Å². The molecule has 1 aliphatic heterocycles. The second-order valence-corrected chi connectivity index (χ2v) is 8.21. The van der Waals surface area contributed by atoms with Gasteiger partial charge in [0.15, 0.2) is 0 Å². The molecule has 2 unspecified atom stereocenters. The predicted octanol–water partition coefficient (Wildman–Crippen LogP) is 2.38. The highest BCUT2D eigenvalue weighted by molar-refractivity contribution is 7.99. The lowest BCUT2D eigenvalue weighted by molar-refractivity contribution is -0.130. The molecule has 8 heteroatoms. The van der Waals surface area contributed by atoms with Gasteiger partial charge in [0.05, 0.1) is 12.3 Å². The molecule has 0 spiro atoms. The first kappa shape index (κ1) is 16.4. The standard InChI is InChI=1S/C15H21N5OS2/c1-11-6-12(2)8-19(7-11)14(21)10-23-15-16-17-18-20(15)9-13-4-3-5-22-13/h3-5,11-12H,6-10H2,1-2H3. The van der Waals surface area contributed by atoms with E-state index in [2.05, 4.69) is 35.4 Å². The quantitative estimate of drug-likeness (QED) is 0.774. The lowest BCUT2D eigenvalue weighted by Crippen LogP contribution is -2.43. The van der Waals surface area contributed by atoms with Crippen LogP contribution in [0.25, 0.3) is 0 Å². The van der Waals surface area contributed by atoms with E-state index in [1.54, 1.807) is 16.0 Å². The molecule has 2 aromatic heterocycles. The third kappa shape index (κ3) is 4.32. The number of hydrogen-bond acceptors (Lipinski definition) is 6. The number of likely N-dealkylation sites (tertiary alicyclic amines) is 1. The van der Waals surface area contributed by atoms with Gasteiger partial charge in [-0.15, -0.1) is 16.4 Å². The summed E-state index contributed by atoms with van der Waals surface area (Å²) in [4.78, 5) is 15.6. The van der Waals surface area contributed by atoms with Crippen molar-refractivity contribution < 1.29 is 4.79 Å². The van der Waals surface area contributed by atoms with Crippen LogP contribution < -0.4 is 0 Å². The van der Waals surface area contributed by atoms with E-state index in [9.17, 15) is 4.79 Å². The molecule has 0 saturated carbocycles. The molecule has 0 aromatic carbocycles. The van der Waals surface area contributed by atoms with Crippen LogP contribution in [0.1, 0.15) is 25.1 Å². The first-order chi connectivity index (χ1) is 11.1. The van der Waals surface area contributed by atoms with E-state index in [4.69, 9.17) is 0 Å². The lowest BCUT2D eigenvalue weighted by atomic mass is 9.92. The third-order valence-electron chi connectivity index (χ3n) is 3.93. The number of thiophene rings is 1. The molecule has 2 aromatic rings. The van der Waals surface area contributed by atoms with E-state index in [0.29, 0.717) is 29.3 Å². The molecule has 3 heterocycles. The van der Waals surface area contributed by atoms with Crippen LogP contribution in [0.15, 0.2) is 22.7 Å². The molecule has 0 radical (unpaired) electrons. The van der Waals surface area contributed by atoms with Gasteiger partial charge in [-0.1, -0.05) is 31.7 Å². The molecule has 1 aliphatic rings. The summed E-state index contributed by atoms with van der Waals surface area (Å²) in [6.45, 7) is 6.81. The summed E-state index contributed by atoms with van der Waals surface area (Å²) < 4.78 is 1.76. The van der Waals surface area contributed by atoms with E-state index < -0.39 is 0 Å². The maximum Gasteiger partial charge on any atom is 0.233 e. The van der Waals surface area contributed by atoms with Crippen molar-refractivity contribution in [2.24, 2.45) is 11.8 Å². The van der Waals surface area contributed by atoms with Crippen LogP contribution in [-0.4, -0.2) is 49.9 Å². The Morgan fingerprint density at radius 1 is 1.39 bits per heavy atom. The number of carbonyl (C=O) groups excluding carboxylic acids is 1. The maximum absolute atomic E-state index is 12.4. The van der Waals surface area contributed by atoms with Crippen LogP contribution in [0.5, 0.6) is 0 Å². The largest absolute Gasteiger partial charge is 0.341 e. The van der Waals surface area contributed by atoms with Crippen LogP contribution in [0.4, 0.5) is 0 Å². The molecule has 0 aliphatic carbocycles. The smallest absolute Gasteiger partial charge is 0.233 e. The van der Waals surface area contributed by atoms with Gasteiger partial charge >= 0.3 is 0 Å². The Morgan fingerprint density at radius 3 is 2.87 bits per heavy atom. The van der Waals surface area contributed by atoms with Gasteiger partial charge in [-0.3, -0.25) is 4.79 Å². The summed E-state index contributed by atoms with van der Waals surface area (Å²) in [6, 6.07) is 4.07. The van der Waals surface area contributed by atoms with E-state index in [1.807, 2.05) is 16.3 Å². The first-order valence-electron chi connectivity index (χ1n) is 7.81. The van der Waals surface area contributed by atoms with Crippen LogP contribution >= 0.6 is 23.1 Å². The van der Waals surface area contributed by atoms with Crippen molar-refractivity contribution in [3.8, 4) is 0 Å². The molecule has 0 bridgehead atoms. The Kier molecular flexibility index (Phi) is 5.32. The molecule has 1 saturated heterocycles. The van der Waals surface area contributed by atoms with Crippen molar-refractivity contribution in [3.05, 3.63) is 22.4 Å². The average molecular weight is 352 g/mol. The second-order valence-electron chi connectivity index (χ2n) is 6.23. The lowest BCUT2D eigenvalue weighted by Gasteiger charge is -2.34. The van der Waals surface area contributed by atoms with Crippen molar-refractivity contribution >= 4 is 29.0 Å². The Morgan fingerprint density at radius 2 is 2.17 bits per heavy atom. The van der Waals surface area contributed by atoms with Crippen molar-refractivity contribution in [2.75, 3.05) is 18.8 Å². The number of carbonyl (C=O) groups is 1. The summed E-state index contributed by atoms with van der Waals surface area (Å²) in [7, 11) is 0. The number of hydrogen-bond donors (Lipinski definition) is 0. The third-order valence-corrected chi connectivity index (χ3v) is 5.73. The van der Waals surface area contributed by atoms with Gasteiger partial charge in [0.2, 0.25) is 11.1 Å². The molecule has 124 valence electrons. The van der Waals surface area contributed by atoms with E-state index in [1.165, 1.54) is 23.1 Å². The van der Waals surface area contributed by atoms with E-state index in [-0.39, 0.29) is 5.91 Å². The minimum Gasteiger partial charge on any atom is -0.341 e. The molecule has 3 rings (SSSR count). The molecule has 23 heavy (non-hydrogen) atoms. The summed E-state index contributed by atoms with van der Waals surface area (Å²) in [5.74, 6) is 1.73. The van der Waals surface area contributed by atoms with E-state index in [0.717, 1.165) is 13.1 Å². The summed E-state index contributed by atoms with van der Waals surface area (Å²) >= 11 is 3.10. The highest BCUT2D eigenvalue weighted by atomic mass is 32.2. The highest BCUT2D eigenvalue weighted by Crippen LogP contribution is 2.23. The van der Waals surface area contributed by atoms with Gasteiger partial charge in [0.1, 0.15) is 0 Å². The van der Waals surface area contributed by atoms with Crippen LogP contribution in [0, 0.1) is 11.8 Å². The first-order valence-corrected chi connectivity index (χ1v) is 9.67. The number of amides is 1. The minimum atomic E-state index is 0.180. The monoisotopic (exact) mass is 351 g/mol. The Bertz CT molecular complexity index is 632. The van der Waals surface area contributed by atoms with Gasteiger partial charge < -0.3 is 4.90 Å². The summed E-state index contributed by atoms with van der Waals surface area (Å²) in [5.41, 5.74) is 0. The summed E-state index contributed by atoms with van der Waals surface area (Å²) in [6.07, 6.45) is 1.20. The molecular weight excluding hydrogens is 330 g/mol. The fourth-order valence-electron chi connectivity index (χ4n) is 3.03. The fraction of sp³-hybridized carbons (Fsp3) is 0.600. The molecule has 6 nitrogen and oxygen atoms in total. The number of thioether (sulfide) groups is 1. The molecule has 0 N–H and O–H groups in total. The normalized spacial score (nSPS) is 21.6. The van der Waals surface area contributed by atoms with Gasteiger partial charge in [-0.2, -0.15) is 0 Å². The van der Waals surface area contributed by atoms with Crippen molar-refractivity contribution in [2.45, 2.75) is 32.0 Å². The SMILES string of the molecule is CC1CC(C)CN(C(=O)CSc2nnnn2Cc2cccs2)C1. The molecule has 1 amide bonds. The number of piperidine rings is 1. The highest BCUT2D eigenvalue weighted by Gasteiger charge is 2.25. The number of aromatic nitrogens is 4. The Labute approximate surface area is 144 Å². The van der Waals surface area contributed by atoms with Gasteiger partial charge in [-0.25, -0.2) is 4.68 Å². The number of nitrogens with zero attached hydrogens (tertiary/aromatic N) is 5. The average Bonchev–Trinajstić information content (AvgIpc) is 3.16. The molecule has 1 fully saturated rings. The zero-order valence-corrected chi connectivity index (χ0v) is 15.0. The molecular formula is C15H21N5OS2. The topological polar surface area (TPSA) is 63.9 Å². The Hall–Kier alpha value is -1.41. The second kappa shape index (κ2) is 7.44. The number of rotatable bonds is 5. The maximum atomic E-state index is 12.4. The van der Waals surface area contributed by atoms with Gasteiger partial charge in [-0.05, 0) is 40.1 Å². The molecule has 2 atom stereocenters.